The zero-order valence-electron chi connectivity index (χ0n) is 57.6. The van der Waals surface area contributed by atoms with Gasteiger partial charge in [0.25, 0.3) is 0 Å². The average Bonchev–Trinajstić information content (AvgIpc) is 1.51. The molecular formula is C101H64N4. The smallest absolute Gasteiger partial charge is 0.145 e. The summed E-state index contributed by atoms with van der Waals surface area (Å²) < 4.78 is 4.69. The Kier molecular flexibility index (Phi) is 12.2. The summed E-state index contributed by atoms with van der Waals surface area (Å²) in [6.45, 7) is 2.26. The molecule has 4 nitrogen and oxygen atoms in total. The second-order valence-corrected chi connectivity index (χ2v) is 29.2. The lowest BCUT2D eigenvalue weighted by Crippen LogP contribution is -2.25. The van der Waals surface area contributed by atoms with Gasteiger partial charge in [-0.25, -0.2) is 9.97 Å². The lowest BCUT2D eigenvalue weighted by atomic mass is 9.70. The second kappa shape index (κ2) is 21.9. The van der Waals surface area contributed by atoms with E-state index in [0.717, 1.165) is 74.6 Å². The molecule has 0 saturated carbocycles. The molecule has 488 valence electrons. The topological polar surface area (TPSA) is 35.6 Å². The van der Waals surface area contributed by atoms with E-state index in [0.29, 0.717) is 0 Å². The molecule has 0 fully saturated rings. The van der Waals surface area contributed by atoms with Crippen LogP contribution in [0.1, 0.15) is 63.7 Å². The summed E-state index contributed by atoms with van der Waals surface area (Å²) in [5.74, 6) is 2.00. The van der Waals surface area contributed by atoms with Gasteiger partial charge in [-0.1, -0.05) is 268 Å². The maximum absolute atomic E-state index is 5.60. The minimum atomic E-state index is -0.521. The fourth-order valence-electron chi connectivity index (χ4n) is 19.6. The van der Waals surface area contributed by atoms with Crippen LogP contribution >= 0.6 is 0 Å². The van der Waals surface area contributed by atoms with Gasteiger partial charge in [0, 0.05) is 28.9 Å². The third-order valence-electron chi connectivity index (χ3n) is 24.0. The minimum absolute atomic E-state index is 0.436. The van der Waals surface area contributed by atoms with Crippen molar-refractivity contribution in [3.8, 4) is 101 Å². The fraction of sp³-hybridized carbons (Fsp3) is 0.0495. The number of imidazole rings is 2. The summed E-state index contributed by atoms with van der Waals surface area (Å²) in [4.78, 5) is 10.7. The van der Waals surface area contributed by atoms with Crippen LogP contribution in [-0.2, 0) is 17.3 Å². The molecule has 4 aliphatic carbocycles. The van der Waals surface area contributed by atoms with Crippen molar-refractivity contribution in [2.45, 2.75) is 30.6 Å². The van der Waals surface area contributed by atoms with Crippen molar-refractivity contribution >= 4 is 65.2 Å². The van der Waals surface area contributed by atoms with Crippen LogP contribution < -0.4 is 0 Å². The number of aromatic nitrogens is 4. The fourth-order valence-corrected chi connectivity index (χ4v) is 19.6. The molecule has 17 aromatic carbocycles. The number of aryl methyl sites for hydroxylation is 1. The van der Waals surface area contributed by atoms with E-state index in [2.05, 4.69) is 362 Å². The highest BCUT2D eigenvalue weighted by Crippen LogP contribution is 2.66. The molecular weight excluding hydrogens is 1270 g/mol. The van der Waals surface area contributed by atoms with Gasteiger partial charge in [-0.05, 0) is 251 Å². The normalized spacial score (nSPS) is 13.6. The number of hydrogen-bond donors (Lipinski definition) is 0. The highest BCUT2D eigenvalue weighted by molar-refractivity contribution is 6.12. The largest absolute Gasteiger partial charge is 0.296 e. The maximum atomic E-state index is 5.60. The van der Waals surface area contributed by atoms with Crippen molar-refractivity contribution in [3.05, 3.63) is 396 Å². The number of benzene rings is 17. The second-order valence-electron chi connectivity index (χ2n) is 29.2. The molecule has 0 saturated heterocycles. The average molecular weight is 1330 g/mol. The van der Waals surface area contributed by atoms with Gasteiger partial charge in [-0.3, -0.25) is 9.13 Å². The summed E-state index contributed by atoms with van der Waals surface area (Å²) in [5, 5.41) is 9.95. The minimum Gasteiger partial charge on any atom is -0.296 e. The first-order valence-electron chi connectivity index (χ1n) is 36.9. The van der Waals surface area contributed by atoms with E-state index < -0.39 is 10.8 Å². The summed E-state index contributed by atoms with van der Waals surface area (Å²) in [7, 11) is 0. The summed E-state index contributed by atoms with van der Waals surface area (Å²) >= 11 is 0. The van der Waals surface area contributed by atoms with Gasteiger partial charge in [0.2, 0.25) is 0 Å². The van der Waals surface area contributed by atoms with Gasteiger partial charge in [0.05, 0.1) is 32.9 Å². The number of nitrogens with zero attached hydrogens (tertiary/aromatic N) is 4. The maximum Gasteiger partial charge on any atom is 0.145 e. The Balaban J connectivity index is 0.612. The van der Waals surface area contributed by atoms with Gasteiger partial charge in [0.15, 0.2) is 0 Å². The number of hydrogen-bond acceptors (Lipinski definition) is 2. The zero-order chi connectivity index (χ0) is 68.8. The van der Waals surface area contributed by atoms with Gasteiger partial charge in [0.1, 0.15) is 11.6 Å². The predicted octanol–water partition coefficient (Wildman–Crippen LogP) is 25.3. The third-order valence-corrected chi connectivity index (χ3v) is 24.0. The van der Waals surface area contributed by atoms with Gasteiger partial charge < -0.3 is 0 Å². The molecule has 0 N–H and O–H groups in total. The van der Waals surface area contributed by atoms with Crippen molar-refractivity contribution in [2.24, 2.45) is 0 Å². The van der Waals surface area contributed by atoms with Crippen LogP contribution in [0.25, 0.3) is 166 Å². The van der Waals surface area contributed by atoms with Crippen LogP contribution in [0.3, 0.4) is 0 Å². The molecule has 0 bridgehead atoms. The molecule has 0 aliphatic heterocycles. The van der Waals surface area contributed by atoms with Crippen LogP contribution in [0, 0.1) is 0 Å². The molecule has 0 amide bonds. The van der Waals surface area contributed by atoms with Crippen molar-refractivity contribution in [3.63, 3.8) is 0 Å². The monoisotopic (exact) mass is 1330 g/mol. The molecule has 0 radical (unpaired) electrons. The van der Waals surface area contributed by atoms with E-state index in [4.69, 9.17) is 9.97 Å². The Hall–Kier alpha value is -13.3. The number of para-hydroxylation sites is 3. The Labute approximate surface area is 607 Å². The van der Waals surface area contributed by atoms with Crippen LogP contribution in [0.4, 0.5) is 0 Å². The van der Waals surface area contributed by atoms with E-state index >= 15 is 0 Å². The molecule has 2 spiro atoms. The van der Waals surface area contributed by atoms with E-state index in [1.165, 1.54) is 154 Å². The molecule has 2 heterocycles. The van der Waals surface area contributed by atoms with E-state index in [9.17, 15) is 0 Å². The molecule has 19 aromatic rings. The first kappa shape index (κ1) is 58.4. The van der Waals surface area contributed by atoms with Gasteiger partial charge >= 0.3 is 0 Å². The van der Waals surface area contributed by atoms with Crippen LogP contribution in [0.5, 0.6) is 0 Å². The molecule has 4 heteroatoms. The molecule has 0 unspecified atom stereocenters. The van der Waals surface area contributed by atoms with Crippen LogP contribution in [0.15, 0.2) is 346 Å². The molecule has 2 aromatic heterocycles. The third kappa shape index (κ3) is 8.00. The van der Waals surface area contributed by atoms with Crippen LogP contribution in [-0.4, -0.2) is 19.1 Å². The standard InChI is InChI=1S/C101H64N4/c1-2-19-95-103-98-77(28-18-35-94(98)104(95)73-47-40-61(41-48-73)65-36-38-67-57-82-90(59-71(67)54-65)100(88-52-45-63-20-6-7-23-75(63)96(82)88)84-29-12-8-24-78(84)79-25-9-13-30-85(79)100)70-44-51-76-69(56-70)46-53-89-97(76)83-58-68-39-37-66(55-72(68)60-91(83)101(89)86-31-14-10-26-80(86)81-27-11-15-32-87(81)101)62-42-49-74(50-43-62)105-93-34-17-16-33-92(93)102-99(105)64-21-4-3-5-22-64/h3-18,20-60H,2,19H2,1H3. The highest BCUT2D eigenvalue weighted by atomic mass is 15.1. The van der Waals surface area contributed by atoms with Gasteiger partial charge in [-0.15, -0.1) is 0 Å². The predicted molar refractivity (Wildman–Crippen MR) is 434 cm³/mol. The van der Waals surface area contributed by atoms with E-state index in [1.807, 2.05) is 0 Å². The Morgan fingerprint density at radius 2 is 0.724 bits per heavy atom. The number of rotatable bonds is 8. The quantitative estimate of drug-likeness (QED) is 0.152. The summed E-state index contributed by atoms with van der Waals surface area (Å²) in [6.07, 6.45) is 1.82. The molecule has 0 atom stereocenters. The lowest BCUT2D eigenvalue weighted by molar-refractivity contribution is 0.795. The van der Waals surface area contributed by atoms with Gasteiger partial charge in [-0.2, -0.15) is 0 Å². The van der Waals surface area contributed by atoms with Crippen molar-refractivity contribution in [1.29, 1.82) is 0 Å². The first-order valence-corrected chi connectivity index (χ1v) is 36.9. The molecule has 23 rings (SSSR count). The Morgan fingerprint density at radius 3 is 1.31 bits per heavy atom. The highest BCUT2D eigenvalue weighted by Gasteiger charge is 2.54. The Bertz CT molecular complexity index is 6870. The molecule has 105 heavy (non-hydrogen) atoms. The van der Waals surface area contributed by atoms with Crippen LogP contribution in [0.2, 0.25) is 0 Å². The van der Waals surface area contributed by atoms with Crippen molar-refractivity contribution < 1.29 is 0 Å². The molecule has 4 aliphatic rings. The first-order chi connectivity index (χ1) is 52.0. The summed E-state index contributed by atoms with van der Waals surface area (Å²) in [5.41, 5.74) is 34.8. The van der Waals surface area contributed by atoms with E-state index in [1.54, 1.807) is 0 Å². The number of fused-ring (bicyclic) bond motifs is 28. The zero-order valence-corrected chi connectivity index (χ0v) is 57.6. The Morgan fingerprint density at radius 1 is 0.267 bits per heavy atom. The van der Waals surface area contributed by atoms with Crippen molar-refractivity contribution in [2.75, 3.05) is 0 Å². The lowest BCUT2D eigenvalue weighted by Gasteiger charge is -2.30. The van der Waals surface area contributed by atoms with Crippen molar-refractivity contribution in [1.82, 2.24) is 19.1 Å². The SMILES string of the molecule is CCCc1nc2c(-c3ccc4c5c(ccc4c3)C3(c4ccccc4-c4ccccc43)c3cc4cc(-c6ccc(-n7c(-c8ccccc8)nc8ccccc87)cc6)ccc4cc3-5)cccc2n1-c1ccc(-c2ccc3cc4c(cc3c2)C2(c3ccccc3-c3ccccc32)c2ccc3ccccc3c2-4)cc1. The summed E-state index contributed by atoms with van der Waals surface area (Å²) in [6, 6.07) is 130. The van der Waals surface area contributed by atoms with E-state index in [-0.39, 0.29) is 0 Å².